The fourth-order valence-electron chi connectivity index (χ4n) is 3.68. The number of hydrogen-bond acceptors (Lipinski definition) is 5. The van der Waals surface area contributed by atoms with E-state index in [1.165, 1.54) is 5.56 Å². The molecule has 0 aliphatic carbocycles. The summed E-state index contributed by atoms with van der Waals surface area (Å²) in [4.78, 5) is 25.0. The number of hydrogen-bond donors (Lipinski definition) is 1. The molecular weight excluding hydrogens is 440 g/mol. The highest BCUT2D eigenvalue weighted by Gasteiger charge is 2.10. The standard InChI is InChI=1S/C28H28N4OS/c1-19-11-12-23(17-26(19)34-4)28(33)30-18-24-16-21(13-14-29-24)20-7-5-8-22(15-20)25-9-6-10-27(31-25)32(2)3/h5-17H,18H2,1-4H3,(H,30,33). The molecule has 2 heterocycles. The highest BCUT2D eigenvalue weighted by molar-refractivity contribution is 7.98. The summed E-state index contributed by atoms with van der Waals surface area (Å²) in [6.45, 7) is 2.41. The third kappa shape index (κ3) is 5.46. The first-order valence-corrected chi connectivity index (χ1v) is 12.3. The largest absolute Gasteiger partial charge is 0.363 e. The first-order chi connectivity index (χ1) is 16.4. The van der Waals surface area contributed by atoms with Crippen LogP contribution in [0.1, 0.15) is 21.6 Å². The molecule has 34 heavy (non-hydrogen) atoms. The molecule has 0 bridgehead atoms. The minimum Gasteiger partial charge on any atom is -0.363 e. The molecule has 5 nitrogen and oxygen atoms in total. The summed E-state index contributed by atoms with van der Waals surface area (Å²) < 4.78 is 0. The number of thioether (sulfide) groups is 1. The predicted molar refractivity (Wildman–Crippen MR) is 141 cm³/mol. The lowest BCUT2D eigenvalue weighted by molar-refractivity contribution is 0.0950. The van der Waals surface area contributed by atoms with Crippen molar-refractivity contribution in [1.29, 1.82) is 0 Å². The maximum absolute atomic E-state index is 12.7. The van der Waals surface area contributed by atoms with E-state index in [1.807, 2.05) is 86.8 Å². The fraction of sp³-hybridized carbons (Fsp3) is 0.179. The van der Waals surface area contributed by atoms with Crippen LogP contribution in [0, 0.1) is 6.92 Å². The zero-order chi connectivity index (χ0) is 24.1. The Labute approximate surface area is 205 Å². The SMILES string of the molecule is CSc1cc(C(=O)NCc2cc(-c3cccc(-c4cccc(N(C)C)n4)c3)ccn2)ccc1C. The zero-order valence-electron chi connectivity index (χ0n) is 19.9. The molecule has 172 valence electrons. The third-order valence-corrected chi connectivity index (χ3v) is 6.48. The Bertz CT molecular complexity index is 1320. The third-order valence-electron chi connectivity index (χ3n) is 5.60. The summed E-state index contributed by atoms with van der Waals surface area (Å²) >= 11 is 1.64. The molecule has 4 rings (SSSR count). The Morgan fingerprint density at radius 1 is 0.941 bits per heavy atom. The molecule has 1 N–H and O–H groups in total. The highest BCUT2D eigenvalue weighted by Crippen LogP contribution is 2.27. The molecule has 6 heteroatoms. The van der Waals surface area contributed by atoms with E-state index in [4.69, 9.17) is 4.98 Å². The van der Waals surface area contributed by atoms with Gasteiger partial charge in [0, 0.05) is 36.3 Å². The maximum Gasteiger partial charge on any atom is 0.251 e. The number of rotatable bonds is 7. The van der Waals surface area contributed by atoms with E-state index in [0.29, 0.717) is 12.1 Å². The van der Waals surface area contributed by atoms with E-state index >= 15 is 0 Å². The second-order valence-electron chi connectivity index (χ2n) is 8.26. The van der Waals surface area contributed by atoms with Crippen molar-refractivity contribution in [2.24, 2.45) is 0 Å². The van der Waals surface area contributed by atoms with Crippen LogP contribution < -0.4 is 10.2 Å². The molecular formula is C28H28N4OS. The normalized spacial score (nSPS) is 10.7. The lowest BCUT2D eigenvalue weighted by Crippen LogP contribution is -2.23. The van der Waals surface area contributed by atoms with Crippen LogP contribution >= 0.6 is 11.8 Å². The zero-order valence-corrected chi connectivity index (χ0v) is 20.7. The van der Waals surface area contributed by atoms with Gasteiger partial charge < -0.3 is 10.2 Å². The van der Waals surface area contributed by atoms with Crippen LogP contribution in [0.4, 0.5) is 5.82 Å². The van der Waals surface area contributed by atoms with Crippen LogP contribution in [0.25, 0.3) is 22.4 Å². The van der Waals surface area contributed by atoms with Gasteiger partial charge in [0.05, 0.1) is 17.9 Å². The minimum atomic E-state index is -0.101. The lowest BCUT2D eigenvalue weighted by Gasteiger charge is -2.13. The van der Waals surface area contributed by atoms with Crippen LogP contribution in [0.5, 0.6) is 0 Å². The average molecular weight is 469 g/mol. The second kappa shape index (κ2) is 10.5. The number of amides is 1. The van der Waals surface area contributed by atoms with Crippen LogP contribution in [-0.2, 0) is 6.54 Å². The lowest BCUT2D eigenvalue weighted by atomic mass is 10.0. The smallest absolute Gasteiger partial charge is 0.251 e. The molecule has 0 spiro atoms. The molecule has 0 unspecified atom stereocenters. The minimum absolute atomic E-state index is 0.101. The van der Waals surface area contributed by atoms with Gasteiger partial charge in [0.25, 0.3) is 5.91 Å². The van der Waals surface area contributed by atoms with Crippen molar-refractivity contribution in [2.45, 2.75) is 18.4 Å². The number of aryl methyl sites for hydroxylation is 1. The first kappa shape index (κ1) is 23.5. The van der Waals surface area contributed by atoms with Crippen molar-refractivity contribution >= 4 is 23.5 Å². The van der Waals surface area contributed by atoms with E-state index in [0.717, 1.165) is 38.8 Å². The van der Waals surface area contributed by atoms with E-state index in [9.17, 15) is 4.79 Å². The number of carbonyl (C=O) groups is 1. The molecule has 0 saturated heterocycles. The summed E-state index contributed by atoms with van der Waals surface area (Å²) in [7, 11) is 3.97. The second-order valence-corrected chi connectivity index (χ2v) is 9.11. The van der Waals surface area contributed by atoms with Crippen molar-refractivity contribution in [1.82, 2.24) is 15.3 Å². The van der Waals surface area contributed by atoms with Gasteiger partial charge in [0.1, 0.15) is 5.82 Å². The number of benzene rings is 2. The first-order valence-electron chi connectivity index (χ1n) is 11.1. The summed E-state index contributed by atoms with van der Waals surface area (Å²) in [6, 6.07) is 24.1. The Morgan fingerprint density at radius 3 is 2.50 bits per heavy atom. The number of anilines is 1. The molecule has 0 atom stereocenters. The van der Waals surface area contributed by atoms with Gasteiger partial charge in [0.15, 0.2) is 0 Å². The van der Waals surface area contributed by atoms with Gasteiger partial charge in [-0.15, -0.1) is 11.8 Å². The Hall–Kier alpha value is -3.64. The Kier molecular flexibility index (Phi) is 7.28. The van der Waals surface area contributed by atoms with Gasteiger partial charge in [-0.1, -0.05) is 30.3 Å². The van der Waals surface area contributed by atoms with Gasteiger partial charge in [-0.25, -0.2) is 4.98 Å². The highest BCUT2D eigenvalue weighted by atomic mass is 32.2. The molecule has 0 aliphatic heterocycles. The van der Waals surface area contributed by atoms with Crippen molar-refractivity contribution in [2.75, 3.05) is 25.3 Å². The molecule has 0 saturated carbocycles. The topological polar surface area (TPSA) is 58.1 Å². The van der Waals surface area contributed by atoms with Gasteiger partial charge in [0.2, 0.25) is 0 Å². The van der Waals surface area contributed by atoms with Crippen molar-refractivity contribution < 1.29 is 4.79 Å². The number of carbonyl (C=O) groups excluding carboxylic acids is 1. The predicted octanol–water partition coefficient (Wildman–Crippen LogP) is 5.84. The van der Waals surface area contributed by atoms with Crippen LogP contribution in [0.3, 0.4) is 0 Å². The van der Waals surface area contributed by atoms with E-state index in [2.05, 4.69) is 28.5 Å². The maximum atomic E-state index is 12.7. The molecule has 4 aromatic rings. The van der Waals surface area contributed by atoms with Crippen LogP contribution in [0.15, 0.2) is 83.9 Å². The molecule has 0 radical (unpaired) electrons. The molecule has 0 fully saturated rings. The van der Waals surface area contributed by atoms with Crippen LogP contribution in [-0.4, -0.2) is 36.2 Å². The fourth-order valence-corrected chi connectivity index (χ4v) is 4.31. The monoisotopic (exact) mass is 468 g/mol. The molecule has 2 aromatic heterocycles. The van der Waals surface area contributed by atoms with Gasteiger partial charge in [-0.3, -0.25) is 9.78 Å². The van der Waals surface area contributed by atoms with E-state index < -0.39 is 0 Å². The summed E-state index contributed by atoms with van der Waals surface area (Å²) in [5.74, 6) is 0.819. The summed E-state index contributed by atoms with van der Waals surface area (Å²) in [5.41, 5.74) is 6.74. The van der Waals surface area contributed by atoms with E-state index in [-0.39, 0.29) is 5.91 Å². The van der Waals surface area contributed by atoms with E-state index in [1.54, 1.807) is 18.0 Å². The number of pyridine rings is 2. The molecule has 1 amide bonds. The molecule has 0 aliphatic rings. The average Bonchev–Trinajstić information content (AvgIpc) is 2.88. The van der Waals surface area contributed by atoms with Crippen molar-refractivity contribution in [3.63, 3.8) is 0 Å². The van der Waals surface area contributed by atoms with Gasteiger partial charge >= 0.3 is 0 Å². The molecule has 2 aromatic carbocycles. The van der Waals surface area contributed by atoms with Gasteiger partial charge in [-0.05, 0) is 72.3 Å². The quantitative estimate of drug-likeness (QED) is 0.346. The number of nitrogens with one attached hydrogen (secondary N) is 1. The van der Waals surface area contributed by atoms with Gasteiger partial charge in [-0.2, -0.15) is 0 Å². The van der Waals surface area contributed by atoms with Crippen LogP contribution in [0.2, 0.25) is 0 Å². The van der Waals surface area contributed by atoms with Crippen molar-refractivity contribution in [3.05, 3.63) is 95.8 Å². The summed E-state index contributed by atoms with van der Waals surface area (Å²) in [5, 5.41) is 2.99. The Morgan fingerprint density at radius 2 is 1.71 bits per heavy atom. The number of nitrogens with zero attached hydrogens (tertiary/aromatic N) is 3. The summed E-state index contributed by atoms with van der Waals surface area (Å²) in [6.07, 6.45) is 3.80. The van der Waals surface area contributed by atoms with Crippen molar-refractivity contribution in [3.8, 4) is 22.4 Å². The Balaban J connectivity index is 1.51. The number of aromatic nitrogens is 2.